The summed E-state index contributed by atoms with van der Waals surface area (Å²) in [4.78, 5) is -0.304. The molecule has 0 amide bonds. The van der Waals surface area contributed by atoms with Gasteiger partial charge < -0.3 is 4.74 Å². The summed E-state index contributed by atoms with van der Waals surface area (Å²) in [6, 6.07) is 9.56. The predicted octanol–water partition coefficient (Wildman–Crippen LogP) is 5.29. The van der Waals surface area contributed by atoms with Crippen LogP contribution in [0.4, 0.5) is 4.39 Å². The molecule has 0 saturated carbocycles. The number of halogens is 2. The summed E-state index contributed by atoms with van der Waals surface area (Å²) in [5.41, 5.74) is 3.19. The minimum atomic E-state index is -3.60. The molecule has 1 heterocycles. The highest BCUT2D eigenvalue weighted by molar-refractivity contribution is 7.90. The highest BCUT2D eigenvalue weighted by Gasteiger charge is 2.17. The van der Waals surface area contributed by atoms with Gasteiger partial charge in [0.15, 0.2) is 9.84 Å². The third kappa shape index (κ3) is 3.56. The number of methoxy groups -OCH3 is 1. The second-order valence-electron chi connectivity index (χ2n) is 5.47. The van der Waals surface area contributed by atoms with E-state index in [0.29, 0.717) is 16.3 Å². The van der Waals surface area contributed by atoms with Crippen molar-refractivity contribution in [2.45, 2.75) is 4.90 Å². The van der Waals surface area contributed by atoms with Crippen molar-refractivity contribution in [1.82, 2.24) is 0 Å². The molecule has 7 heteroatoms. The van der Waals surface area contributed by atoms with Crippen molar-refractivity contribution in [3.05, 3.63) is 58.0 Å². The largest absolute Gasteiger partial charge is 0.495 e. The monoisotopic (exact) mass is 396 g/mol. The van der Waals surface area contributed by atoms with Gasteiger partial charge in [0.1, 0.15) is 16.5 Å². The molecule has 0 fully saturated rings. The SMILES string of the molecule is COc1cc(-c2cscc2-c2ccc(S(C)(=O)=O)c(F)c2)ccc1Cl. The second kappa shape index (κ2) is 6.78. The van der Waals surface area contributed by atoms with Gasteiger partial charge in [-0.05, 0) is 46.2 Å². The lowest BCUT2D eigenvalue weighted by Crippen LogP contribution is -2.00. The molecule has 0 unspecified atom stereocenters. The molecule has 0 aliphatic rings. The standard InChI is InChI=1S/C18H14ClFO3S2/c1-23-17-8-12(3-5-15(17)19)14-10-24-9-13(14)11-4-6-18(16(20)7-11)25(2,21)22/h3-10H,1-2H3. The zero-order chi connectivity index (χ0) is 18.2. The maximum atomic E-state index is 14.2. The summed E-state index contributed by atoms with van der Waals surface area (Å²) < 4.78 is 42.6. The molecule has 0 bridgehead atoms. The number of benzene rings is 2. The quantitative estimate of drug-likeness (QED) is 0.602. The lowest BCUT2D eigenvalue weighted by molar-refractivity contribution is 0.415. The van der Waals surface area contributed by atoms with E-state index < -0.39 is 15.7 Å². The molecule has 130 valence electrons. The van der Waals surface area contributed by atoms with Crippen LogP contribution in [0.2, 0.25) is 5.02 Å². The Morgan fingerprint density at radius 3 is 2.20 bits per heavy atom. The maximum absolute atomic E-state index is 14.2. The molecule has 0 N–H and O–H groups in total. The summed E-state index contributed by atoms with van der Waals surface area (Å²) in [5.74, 6) is -0.208. The van der Waals surface area contributed by atoms with E-state index in [4.69, 9.17) is 16.3 Å². The van der Waals surface area contributed by atoms with Crippen LogP contribution < -0.4 is 4.74 Å². The Bertz CT molecular complexity index is 1040. The minimum absolute atomic E-state index is 0.304. The summed E-state index contributed by atoms with van der Waals surface area (Å²) >= 11 is 7.54. The van der Waals surface area contributed by atoms with Gasteiger partial charge >= 0.3 is 0 Å². The average Bonchev–Trinajstić information content (AvgIpc) is 3.03. The smallest absolute Gasteiger partial charge is 0.178 e. The average molecular weight is 397 g/mol. The van der Waals surface area contributed by atoms with Crippen LogP contribution in [0.3, 0.4) is 0 Å². The molecule has 3 rings (SSSR count). The fourth-order valence-corrected chi connectivity index (χ4v) is 4.33. The molecule has 1 aromatic heterocycles. The van der Waals surface area contributed by atoms with Crippen molar-refractivity contribution in [1.29, 1.82) is 0 Å². The Labute approximate surface area is 154 Å². The first-order valence-electron chi connectivity index (χ1n) is 7.21. The van der Waals surface area contributed by atoms with Gasteiger partial charge in [0.25, 0.3) is 0 Å². The summed E-state index contributed by atoms with van der Waals surface area (Å²) in [6.07, 6.45) is 0.987. The van der Waals surface area contributed by atoms with Crippen molar-refractivity contribution < 1.29 is 17.5 Å². The summed E-state index contributed by atoms with van der Waals surface area (Å²) in [7, 11) is -2.06. The summed E-state index contributed by atoms with van der Waals surface area (Å²) in [6.45, 7) is 0. The topological polar surface area (TPSA) is 43.4 Å². The highest BCUT2D eigenvalue weighted by atomic mass is 35.5. The van der Waals surface area contributed by atoms with Gasteiger partial charge in [-0.1, -0.05) is 23.7 Å². The van der Waals surface area contributed by atoms with Crippen molar-refractivity contribution in [3.8, 4) is 28.0 Å². The molecule has 25 heavy (non-hydrogen) atoms. The number of hydrogen-bond donors (Lipinski definition) is 0. The molecular weight excluding hydrogens is 383 g/mol. The number of sulfone groups is 1. The minimum Gasteiger partial charge on any atom is -0.495 e. The lowest BCUT2D eigenvalue weighted by atomic mass is 9.99. The number of ether oxygens (including phenoxy) is 1. The zero-order valence-electron chi connectivity index (χ0n) is 13.4. The molecular formula is C18H14ClFO3S2. The van der Waals surface area contributed by atoms with Crippen LogP contribution in [0.25, 0.3) is 22.3 Å². The lowest BCUT2D eigenvalue weighted by Gasteiger charge is -2.09. The molecule has 0 spiro atoms. The first-order valence-corrected chi connectivity index (χ1v) is 10.4. The van der Waals surface area contributed by atoms with Crippen molar-refractivity contribution in [2.24, 2.45) is 0 Å². The van der Waals surface area contributed by atoms with Crippen molar-refractivity contribution >= 4 is 32.8 Å². The first kappa shape index (κ1) is 17.9. The Kier molecular flexibility index (Phi) is 4.86. The first-order chi connectivity index (χ1) is 11.8. The van der Waals surface area contributed by atoms with E-state index in [9.17, 15) is 12.8 Å². The molecule has 0 aliphatic heterocycles. The molecule has 0 atom stereocenters. The molecule has 0 aliphatic carbocycles. The fourth-order valence-electron chi connectivity index (χ4n) is 2.54. The van der Waals surface area contributed by atoms with E-state index in [-0.39, 0.29) is 4.90 Å². The molecule has 3 aromatic rings. The van der Waals surface area contributed by atoms with E-state index in [1.165, 1.54) is 23.5 Å². The number of rotatable bonds is 4. The zero-order valence-corrected chi connectivity index (χ0v) is 15.8. The normalized spacial score (nSPS) is 11.5. The number of thiophene rings is 1. The third-order valence-corrected chi connectivity index (χ3v) is 5.95. The number of hydrogen-bond acceptors (Lipinski definition) is 4. The molecule has 3 nitrogen and oxygen atoms in total. The van der Waals surface area contributed by atoms with Crippen LogP contribution in [0.15, 0.2) is 52.1 Å². The molecule has 0 radical (unpaired) electrons. The molecule has 2 aromatic carbocycles. The van der Waals surface area contributed by atoms with E-state index >= 15 is 0 Å². The van der Waals surface area contributed by atoms with Crippen molar-refractivity contribution in [2.75, 3.05) is 13.4 Å². The van der Waals surface area contributed by atoms with Gasteiger partial charge in [0, 0.05) is 17.4 Å². The van der Waals surface area contributed by atoms with E-state index in [1.807, 2.05) is 22.9 Å². The van der Waals surface area contributed by atoms with Gasteiger partial charge in [-0.15, -0.1) is 0 Å². The van der Waals surface area contributed by atoms with Gasteiger partial charge in [0.05, 0.1) is 12.1 Å². The Balaban J connectivity index is 2.10. The second-order valence-corrected chi connectivity index (χ2v) is 8.60. The Morgan fingerprint density at radius 1 is 1.04 bits per heavy atom. The Hall–Kier alpha value is -1.89. The van der Waals surface area contributed by atoms with Crippen LogP contribution in [-0.2, 0) is 9.84 Å². The summed E-state index contributed by atoms with van der Waals surface area (Å²) in [5, 5.41) is 4.35. The van der Waals surface area contributed by atoms with Crippen LogP contribution in [-0.4, -0.2) is 21.8 Å². The predicted molar refractivity (Wildman–Crippen MR) is 99.8 cm³/mol. The molecule has 0 saturated heterocycles. The van der Waals surface area contributed by atoms with E-state index in [0.717, 1.165) is 22.9 Å². The third-order valence-electron chi connectivity index (χ3n) is 3.77. The highest BCUT2D eigenvalue weighted by Crippen LogP contribution is 2.38. The van der Waals surface area contributed by atoms with Crippen molar-refractivity contribution in [3.63, 3.8) is 0 Å². The van der Waals surface area contributed by atoms with Crippen LogP contribution in [0, 0.1) is 5.82 Å². The van der Waals surface area contributed by atoms with Gasteiger partial charge in [-0.25, -0.2) is 12.8 Å². The Morgan fingerprint density at radius 2 is 1.64 bits per heavy atom. The van der Waals surface area contributed by atoms with Gasteiger partial charge in [-0.2, -0.15) is 11.3 Å². The van der Waals surface area contributed by atoms with Crippen LogP contribution >= 0.6 is 22.9 Å². The fraction of sp³-hybridized carbons (Fsp3) is 0.111. The van der Waals surface area contributed by atoms with E-state index in [2.05, 4.69) is 0 Å². The van der Waals surface area contributed by atoms with Gasteiger partial charge in [0.2, 0.25) is 0 Å². The van der Waals surface area contributed by atoms with E-state index in [1.54, 1.807) is 19.2 Å². The van der Waals surface area contributed by atoms with Gasteiger partial charge in [-0.3, -0.25) is 0 Å². The van der Waals surface area contributed by atoms with Crippen LogP contribution in [0.5, 0.6) is 5.75 Å². The van der Waals surface area contributed by atoms with Crippen LogP contribution in [0.1, 0.15) is 0 Å². The maximum Gasteiger partial charge on any atom is 0.178 e.